The SMILES string of the molecule is C(=Cc1ccc(COC2CN3CCC2CC3)cc1)c1ccccc1.Cl. The number of ether oxygens (including phenoxy) is 1. The van der Waals surface area contributed by atoms with Crippen LogP contribution in [-0.2, 0) is 11.3 Å². The third kappa shape index (κ3) is 4.72. The lowest BCUT2D eigenvalue weighted by atomic mass is 9.86. The molecule has 0 N–H and O–H groups in total. The van der Waals surface area contributed by atoms with Gasteiger partial charge in [0.25, 0.3) is 0 Å². The van der Waals surface area contributed by atoms with Gasteiger partial charge in [-0.2, -0.15) is 0 Å². The molecule has 0 amide bonds. The topological polar surface area (TPSA) is 12.5 Å². The Morgan fingerprint density at radius 3 is 2.12 bits per heavy atom. The molecule has 3 heteroatoms. The fourth-order valence-electron chi connectivity index (χ4n) is 3.78. The molecule has 3 saturated heterocycles. The van der Waals surface area contributed by atoms with Gasteiger partial charge in [0.1, 0.15) is 0 Å². The van der Waals surface area contributed by atoms with Gasteiger partial charge in [-0.3, -0.25) is 0 Å². The van der Waals surface area contributed by atoms with Crippen LogP contribution in [0.25, 0.3) is 12.2 Å². The Morgan fingerprint density at radius 2 is 1.52 bits per heavy atom. The molecule has 1 unspecified atom stereocenters. The number of fused-ring (bicyclic) bond motifs is 3. The van der Waals surface area contributed by atoms with Gasteiger partial charge in [0, 0.05) is 6.54 Å². The zero-order chi connectivity index (χ0) is 16.2. The minimum Gasteiger partial charge on any atom is -0.372 e. The summed E-state index contributed by atoms with van der Waals surface area (Å²) < 4.78 is 6.21. The Bertz CT molecular complexity index is 675. The largest absolute Gasteiger partial charge is 0.372 e. The summed E-state index contributed by atoms with van der Waals surface area (Å²) in [5.41, 5.74) is 3.72. The lowest BCUT2D eigenvalue weighted by molar-refractivity contribution is -0.0765. The summed E-state index contributed by atoms with van der Waals surface area (Å²) in [5.74, 6) is 0.781. The van der Waals surface area contributed by atoms with Gasteiger partial charge in [-0.1, -0.05) is 66.7 Å². The van der Waals surface area contributed by atoms with Gasteiger partial charge in [0.05, 0.1) is 12.7 Å². The monoisotopic (exact) mass is 355 g/mol. The van der Waals surface area contributed by atoms with Crippen LogP contribution in [0, 0.1) is 5.92 Å². The standard InChI is InChI=1S/C22H25NO.ClH/c1-2-4-18(5-3-1)6-7-19-8-10-20(11-9-19)17-24-22-16-23-14-12-21(22)13-15-23;/h1-11,21-22H,12-17H2;1H. The number of halogens is 1. The van der Waals surface area contributed by atoms with Crippen molar-refractivity contribution in [3.63, 3.8) is 0 Å². The van der Waals surface area contributed by atoms with E-state index < -0.39 is 0 Å². The van der Waals surface area contributed by atoms with Crippen LogP contribution in [0.15, 0.2) is 54.6 Å². The van der Waals surface area contributed by atoms with Crippen LogP contribution in [0.4, 0.5) is 0 Å². The third-order valence-corrected chi connectivity index (χ3v) is 5.31. The zero-order valence-corrected chi connectivity index (χ0v) is 15.3. The molecule has 0 spiro atoms. The van der Waals surface area contributed by atoms with Crippen molar-refractivity contribution in [3.05, 3.63) is 71.3 Å². The number of hydrogen-bond acceptors (Lipinski definition) is 2. The normalized spacial score (nSPS) is 25.0. The maximum absolute atomic E-state index is 6.21. The number of rotatable bonds is 5. The predicted molar refractivity (Wildman–Crippen MR) is 107 cm³/mol. The van der Waals surface area contributed by atoms with Crippen LogP contribution in [0.2, 0.25) is 0 Å². The van der Waals surface area contributed by atoms with Gasteiger partial charge in [0.2, 0.25) is 0 Å². The van der Waals surface area contributed by atoms with Gasteiger partial charge >= 0.3 is 0 Å². The molecule has 2 aromatic rings. The molecule has 0 radical (unpaired) electrons. The molecule has 3 heterocycles. The van der Waals surface area contributed by atoms with E-state index in [1.54, 1.807) is 0 Å². The first-order valence-electron chi connectivity index (χ1n) is 9.03. The third-order valence-electron chi connectivity index (χ3n) is 5.31. The number of hydrogen-bond donors (Lipinski definition) is 0. The molecule has 3 fully saturated rings. The molecule has 0 aliphatic carbocycles. The lowest BCUT2D eigenvalue weighted by Crippen LogP contribution is -2.51. The molecule has 2 aromatic carbocycles. The highest BCUT2D eigenvalue weighted by atomic mass is 35.5. The molecule has 2 bridgehead atoms. The molecule has 3 aliphatic rings. The molecule has 3 aliphatic heterocycles. The molecule has 132 valence electrons. The summed E-state index contributed by atoms with van der Waals surface area (Å²) in [6, 6.07) is 19.1. The Hall–Kier alpha value is -1.61. The summed E-state index contributed by atoms with van der Waals surface area (Å²) in [6.45, 7) is 4.40. The van der Waals surface area contributed by atoms with Crippen molar-refractivity contribution < 1.29 is 4.74 Å². The first kappa shape index (κ1) is 18.2. The zero-order valence-electron chi connectivity index (χ0n) is 14.5. The molecule has 25 heavy (non-hydrogen) atoms. The van der Waals surface area contributed by atoms with Gasteiger partial charge < -0.3 is 9.64 Å². The van der Waals surface area contributed by atoms with E-state index in [1.807, 2.05) is 6.07 Å². The molecular formula is C22H26ClNO. The first-order chi connectivity index (χ1) is 11.9. The summed E-state index contributed by atoms with van der Waals surface area (Å²) in [6.07, 6.45) is 7.37. The van der Waals surface area contributed by atoms with E-state index in [1.165, 1.54) is 42.6 Å². The van der Waals surface area contributed by atoms with E-state index in [9.17, 15) is 0 Å². The predicted octanol–water partition coefficient (Wildman–Crippen LogP) is 4.89. The Morgan fingerprint density at radius 1 is 0.880 bits per heavy atom. The van der Waals surface area contributed by atoms with Gasteiger partial charge in [-0.15, -0.1) is 12.4 Å². The summed E-state index contributed by atoms with van der Waals surface area (Å²) in [7, 11) is 0. The average Bonchev–Trinajstić information content (AvgIpc) is 2.67. The lowest BCUT2D eigenvalue weighted by Gasteiger charge is -2.44. The van der Waals surface area contributed by atoms with E-state index >= 15 is 0 Å². The van der Waals surface area contributed by atoms with Crippen LogP contribution in [0.1, 0.15) is 29.5 Å². The van der Waals surface area contributed by atoms with Gasteiger partial charge in [0.15, 0.2) is 0 Å². The van der Waals surface area contributed by atoms with E-state index in [0.717, 1.165) is 19.1 Å². The smallest absolute Gasteiger partial charge is 0.0735 e. The van der Waals surface area contributed by atoms with Crippen LogP contribution >= 0.6 is 12.4 Å². The van der Waals surface area contributed by atoms with E-state index in [4.69, 9.17) is 4.74 Å². The van der Waals surface area contributed by atoms with Crippen LogP contribution in [-0.4, -0.2) is 30.6 Å². The number of nitrogens with zero attached hydrogens (tertiary/aromatic N) is 1. The highest BCUT2D eigenvalue weighted by Crippen LogP contribution is 2.30. The van der Waals surface area contributed by atoms with Gasteiger partial charge in [-0.05, 0) is 48.5 Å². The van der Waals surface area contributed by atoms with E-state index in [0.29, 0.717) is 6.10 Å². The Balaban J connectivity index is 0.00000182. The molecule has 0 saturated carbocycles. The molecule has 5 rings (SSSR count). The van der Waals surface area contributed by atoms with Crippen molar-refractivity contribution in [1.29, 1.82) is 0 Å². The van der Waals surface area contributed by atoms with Crippen molar-refractivity contribution in [2.45, 2.75) is 25.6 Å². The van der Waals surface area contributed by atoms with Gasteiger partial charge in [-0.25, -0.2) is 0 Å². The van der Waals surface area contributed by atoms with Crippen LogP contribution in [0.3, 0.4) is 0 Å². The van der Waals surface area contributed by atoms with Crippen LogP contribution in [0.5, 0.6) is 0 Å². The summed E-state index contributed by atoms with van der Waals surface area (Å²) in [4.78, 5) is 2.54. The maximum Gasteiger partial charge on any atom is 0.0735 e. The van der Waals surface area contributed by atoms with Crippen LogP contribution < -0.4 is 0 Å². The summed E-state index contributed by atoms with van der Waals surface area (Å²) in [5, 5.41) is 0. The second-order valence-electron chi connectivity index (χ2n) is 6.97. The maximum atomic E-state index is 6.21. The van der Waals surface area contributed by atoms with Crippen molar-refractivity contribution in [2.24, 2.45) is 5.92 Å². The van der Waals surface area contributed by atoms with E-state index in [2.05, 4.69) is 65.6 Å². The van der Waals surface area contributed by atoms with Crippen molar-refractivity contribution >= 4 is 24.6 Å². The van der Waals surface area contributed by atoms with E-state index in [-0.39, 0.29) is 12.4 Å². The fourth-order valence-corrected chi connectivity index (χ4v) is 3.78. The molecule has 1 atom stereocenters. The fraction of sp³-hybridized carbons (Fsp3) is 0.364. The molecule has 0 aromatic heterocycles. The number of piperidine rings is 3. The second kappa shape index (κ2) is 8.66. The average molecular weight is 356 g/mol. The molecule has 2 nitrogen and oxygen atoms in total. The quantitative estimate of drug-likeness (QED) is 0.708. The molecular weight excluding hydrogens is 330 g/mol. The Labute approximate surface area is 156 Å². The van der Waals surface area contributed by atoms with Crippen molar-refractivity contribution in [1.82, 2.24) is 4.90 Å². The first-order valence-corrected chi connectivity index (χ1v) is 9.03. The Kier molecular flexibility index (Phi) is 6.30. The number of benzene rings is 2. The minimum atomic E-state index is 0. The second-order valence-corrected chi connectivity index (χ2v) is 6.97. The summed E-state index contributed by atoms with van der Waals surface area (Å²) >= 11 is 0. The van der Waals surface area contributed by atoms with Crippen molar-refractivity contribution in [3.8, 4) is 0 Å². The van der Waals surface area contributed by atoms with Crippen molar-refractivity contribution in [2.75, 3.05) is 19.6 Å². The highest BCUT2D eigenvalue weighted by molar-refractivity contribution is 5.85. The minimum absolute atomic E-state index is 0. The highest BCUT2D eigenvalue weighted by Gasteiger charge is 2.34.